The van der Waals surface area contributed by atoms with Gasteiger partial charge in [0.15, 0.2) is 5.17 Å². The van der Waals surface area contributed by atoms with Gasteiger partial charge in [0.1, 0.15) is 0 Å². The average molecular weight is 329 g/mol. The second-order valence-electron chi connectivity index (χ2n) is 5.71. The van der Waals surface area contributed by atoms with Crippen LogP contribution >= 0.6 is 11.8 Å². The Kier molecular flexibility index (Phi) is 6.16. The highest BCUT2D eigenvalue weighted by Crippen LogP contribution is 2.33. The van der Waals surface area contributed by atoms with Crippen molar-refractivity contribution in [3.63, 3.8) is 0 Å². The number of amidine groups is 1. The Balaban J connectivity index is 2.33. The second-order valence-corrected chi connectivity index (χ2v) is 6.66. The molecule has 0 bridgehead atoms. The number of hydrogen-bond acceptors (Lipinski definition) is 4. The van der Waals surface area contributed by atoms with E-state index >= 15 is 0 Å². The molecule has 0 aromatic heterocycles. The first-order chi connectivity index (χ1) is 11.0. The molecule has 1 fully saturated rings. The number of carbonyl (C=O) groups is 1. The number of amides is 1. The summed E-state index contributed by atoms with van der Waals surface area (Å²) in [5.74, 6) is 0.798. The van der Waals surface area contributed by atoms with Gasteiger partial charge in [-0.15, -0.1) is 5.10 Å². The maximum absolute atomic E-state index is 12.3. The van der Waals surface area contributed by atoms with Crippen molar-refractivity contribution in [3.05, 3.63) is 41.5 Å². The van der Waals surface area contributed by atoms with Gasteiger partial charge < -0.3 is 0 Å². The van der Waals surface area contributed by atoms with Gasteiger partial charge in [-0.1, -0.05) is 56.8 Å². The van der Waals surface area contributed by atoms with Crippen LogP contribution in [0.3, 0.4) is 0 Å². The van der Waals surface area contributed by atoms with Crippen LogP contribution in [0.15, 0.2) is 46.1 Å². The van der Waals surface area contributed by atoms with Crippen molar-refractivity contribution in [2.24, 2.45) is 10.2 Å². The van der Waals surface area contributed by atoms with Crippen LogP contribution in [0.2, 0.25) is 0 Å². The predicted molar refractivity (Wildman–Crippen MR) is 100 cm³/mol. The van der Waals surface area contributed by atoms with E-state index in [4.69, 9.17) is 0 Å². The molecule has 0 unspecified atom stereocenters. The quantitative estimate of drug-likeness (QED) is 0.586. The van der Waals surface area contributed by atoms with Crippen molar-refractivity contribution in [1.82, 2.24) is 0 Å². The van der Waals surface area contributed by atoms with Crippen molar-refractivity contribution in [2.45, 2.75) is 40.0 Å². The molecule has 4 nitrogen and oxygen atoms in total. The molecule has 1 aliphatic rings. The Hall–Kier alpha value is -1.88. The van der Waals surface area contributed by atoms with Crippen molar-refractivity contribution >= 4 is 34.7 Å². The molecule has 0 N–H and O–H groups in total. The zero-order valence-corrected chi connectivity index (χ0v) is 14.9. The molecule has 0 spiro atoms. The highest BCUT2D eigenvalue weighted by atomic mass is 32.2. The molecule has 1 aliphatic heterocycles. The third-order valence-electron chi connectivity index (χ3n) is 3.50. The Bertz CT molecular complexity index is 662. The average Bonchev–Trinajstić information content (AvgIpc) is 2.88. The maximum atomic E-state index is 12.3. The fourth-order valence-corrected chi connectivity index (χ4v) is 3.21. The fourth-order valence-electron chi connectivity index (χ4n) is 2.40. The van der Waals surface area contributed by atoms with Gasteiger partial charge in [-0.2, -0.15) is 5.10 Å². The number of hydrogen-bond donors (Lipinski definition) is 0. The Morgan fingerprint density at radius 2 is 2.13 bits per heavy atom. The van der Waals surface area contributed by atoms with E-state index in [1.54, 1.807) is 11.1 Å². The summed E-state index contributed by atoms with van der Waals surface area (Å²) in [6.07, 6.45) is 4.78. The Labute approximate surface area is 142 Å². The number of allylic oxidation sites excluding steroid dienone is 2. The summed E-state index contributed by atoms with van der Waals surface area (Å²) in [4.78, 5) is 14.0. The largest absolute Gasteiger partial charge is 0.273 e. The van der Waals surface area contributed by atoms with E-state index in [-0.39, 0.29) is 5.91 Å². The third kappa shape index (κ3) is 4.32. The van der Waals surface area contributed by atoms with E-state index in [9.17, 15) is 4.79 Å². The van der Waals surface area contributed by atoms with Crippen molar-refractivity contribution < 1.29 is 4.79 Å². The van der Waals surface area contributed by atoms with E-state index in [0.717, 1.165) is 23.2 Å². The van der Waals surface area contributed by atoms with Crippen LogP contribution in [0.25, 0.3) is 0 Å². The molecule has 1 aromatic carbocycles. The van der Waals surface area contributed by atoms with Crippen LogP contribution < -0.4 is 4.90 Å². The summed E-state index contributed by atoms with van der Waals surface area (Å²) in [7, 11) is 0. The molecule has 0 atom stereocenters. The number of para-hydroxylation sites is 1. The van der Waals surface area contributed by atoms with Gasteiger partial charge in [0.25, 0.3) is 0 Å². The molecule has 0 aliphatic carbocycles. The van der Waals surface area contributed by atoms with Gasteiger partial charge >= 0.3 is 0 Å². The van der Waals surface area contributed by atoms with Crippen LogP contribution in [0.5, 0.6) is 0 Å². The minimum absolute atomic E-state index is 0.0536. The Morgan fingerprint density at radius 1 is 1.39 bits per heavy atom. The van der Waals surface area contributed by atoms with Crippen LogP contribution in [-0.2, 0) is 4.79 Å². The number of nitrogens with zero attached hydrogens (tertiary/aromatic N) is 3. The monoisotopic (exact) mass is 329 g/mol. The smallest absolute Gasteiger partial charge is 0.243 e. The minimum Gasteiger partial charge on any atom is -0.273 e. The standard InChI is InChI=1S/C18H23N3OS/c1-5-8-14(4)11-19-20-18-21(17(22)12-23-18)16-10-7-6-9-15(16)13(2)3/h6-11,13H,5,12H2,1-4H3/b14-8-,19-11+,20-18-. The molecule has 2 rings (SSSR count). The summed E-state index contributed by atoms with van der Waals surface area (Å²) in [5, 5.41) is 9.05. The summed E-state index contributed by atoms with van der Waals surface area (Å²) in [6.45, 7) is 8.33. The lowest BCUT2D eigenvalue weighted by atomic mass is 10.0. The van der Waals surface area contributed by atoms with E-state index in [2.05, 4.69) is 43.1 Å². The van der Waals surface area contributed by atoms with Crippen LogP contribution in [0, 0.1) is 0 Å². The molecule has 1 aromatic rings. The summed E-state index contributed by atoms with van der Waals surface area (Å²) in [6, 6.07) is 7.98. The zero-order valence-electron chi connectivity index (χ0n) is 14.1. The molecule has 23 heavy (non-hydrogen) atoms. The molecule has 1 heterocycles. The first-order valence-corrected chi connectivity index (χ1v) is 8.85. The van der Waals surface area contributed by atoms with Gasteiger partial charge in [0.2, 0.25) is 5.91 Å². The second kappa shape index (κ2) is 8.11. The summed E-state index contributed by atoms with van der Waals surface area (Å²) >= 11 is 1.43. The summed E-state index contributed by atoms with van der Waals surface area (Å²) < 4.78 is 0. The van der Waals surface area contributed by atoms with Crippen molar-refractivity contribution in [1.29, 1.82) is 0 Å². The first-order valence-electron chi connectivity index (χ1n) is 7.87. The SMILES string of the molecule is CC\C=C(C)/C=N/N=C1\SCC(=O)N1c1ccccc1C(C)C. The summed E-state index contributed by atoms with van der Waals surface area (Å²) in [5.41, 5.74) is 3.12. The molecule has 0 radical (unpaired) electrons. The maximum Gasteiger partial charge on any atom is 0.243 e. The lowest BCUT2D eigenvalue weighted by molar-refractivity contribution is -0.115. The number of thioether (sulfide) groups is 1. The number of benzene rings is 1. The topological polar surface area (TPSA) is 45.0 Å². The zero-order chi connectivity index (χ0) is 16.8. The lowest BCUT2D eigenvalue weighted by Crippen LogP contribution is -2.30. The van der Waals surface area contributed by atoms with Gasteiger partial charge in [0, 0.05) is 0 Å². The van der Waals surface area contributed by atoms with E-state index < -0.39 is 0 Å². The predicted octanol–water partition coefficient (Wildman–Crippen LogP) is 4.59. The van der Waals surface area contributed by atoms with Gasteiger partial charge in [-0.25, -0.2) is 0 Å². The van der Waals surface area contributed by atoms with Gasteiger partial charge in [0.05, 0.1) is 17.7 Å². The van der Waals surface area contributed by atoms with Crippen LogP contribution in [0.1, 0.15) is 45.6 Å². The number of carbonyl (C=O) groups excluding carboxylic acids is 1. The van der Waals surface area contributed by atoms with Gasteiger partial charge in [-0.3, -0.25) is 9.69 Å². The Morgan fingerprint density at radius 3 is 2.83 bits per heavy atom. The molecular weight excluding hydrogens is 306 g/mol. The first kappa shape index (κ1) is 17.5. The minimum atomic E-state index is 0.0536. The van der Waals surface area contributed by atoms with Crippen molar-refractivity contribution in [3.8, 4) is 0 Å². The van der Waals surface area contributed by atoms with E-state index in [0.29, 0.717) is 16.8 Å². The molecule has 1 saturated heterocycles. The van der Waals surface area contributed by atoms with Crippen LogP contribution in [-0.4, -0.2) is 23.0 Å². The van der Waals surface area contributed by atoms with Gasteiger partial charge in [-0.05, 0) is 36.5 Å². The highest BCUT2D eigenvalue weighted by Gasteiger charge is 2.31. The molecule has 1 amide bonds. The van der Waals surface area contributed by atoms with E-state index in [1.165, 1.54) is 11.8 Å². The van der Waals surface area contributed by atoms with Crippen molar-refractivity contribution in [2.75, 3.05) is 10.7 Å². The fraction of sp³-hybridized carbons (Fsp3) is 0.389. The molecule has 0 saturated carbocycles. The number of anilines is 1. The normalized spacial score (nSPS) is 18.0. The molecular formula is C18H23N3OS. The number of rotatable bonds is 5. The lowest BCUT2D eigenvalue weighted by Gasteiger charge is -2.20. The van der Waals surface area contributed by atoms with Crippen LogP contribution in [0.4, 0.5) is 5.69 Å². The van der Waals surface area contributed by atoms with E-state index in [1.807, 2.05) is 25.1 Å². The molecule has 122 valence electrons. The third-order valence-corrected chi connectivity index (χ3v) is 4.41. The molecule has 5 heteroatoms. The highest BCUT2D eigenvalue weighted by molar-refractivity contribution is 8.15.